The van der Waals surface area contributed by atoms with Crippen LogP contribution >= 0.6 is 35.6 Å². The van der Waals surface area contributed by atoms with Gasteiger partial charge in [-0.25, -0.2) is 8.78 Å². The maximum atomic E-state index is 13.6. The summed E-state index contributed by atoms with van der Waals surface area (Å²) in [6.45, 7) is 0.624. The number of aliphatic imine (C=N–C) groups is 1. The van der Waals surface area contributed by atoms with Crippen molar-refractivity contribution in [3.8, 4) is 11.4 Å². The van der Waals surface area contributed by atoms with Crippen molar-refractivity contribution in [2.45, 2.75) is 13.0 Å². The average Bonchev–Trinajstić information content (AvgIpc) is 3.16. The standard InChI is InChI=1S/C19H18ClF2N5O.HI/c1-23-19(24-8-7-12-10-15(21)5-6-16(12)22)25-11-17-26-18(27-28-17)13-3-2-4-14(20)9-13;/h2-6,9-10H,7-8,11H2,1H3,(H2,23,24,25);1H. The van der Waals surface area contributed by atoms with Crippen LogP contribution in [-0.4, -0.2) is 29.7 Å². The maximum Gasteiger partial charge on any atom is 0.246 e. The third-order valence-electron chi connectivity index (χ3n) is 3.88. The molecule has 1 heterocycles. The summed E-state index contributed by atoms with van der Waals surface area (Å²) in [6.07, 6.45) is 0.309. The monoisotopic (exact) mass is 533 g/mol. The quantitative estimate of drug-likeness (QED) is 0.282. The number of aromatic nitrogens is 2. The summed E-state index contributed by atoms with van der Waals surface area (Å²) in [5, 5.41) is 10.6. The second kappa shape index (κ2) is 11.1. The average molecular weight is 534 g/mol. The zero-order valence-electron chi connectivity index (χ0n) is 15.5. The Balaban J connectivity index is 0.00000300. The van der Waals surface area contributed by atoms with Crippen molar-refractivity contribution < 1.29 is 13.3 Å². The minimum Gasteiger partial charge on any atom is -0.356 e. The van der Waals surface area contributed by atoms with E-state index in [0.717, 1.165) is 17.7 Å². The number of hydrogen-bond donors (Lipinski definition) is 2. The minimum atomic E-state index is -0.467. The fraction of sp³-hybridized carbons (Fsp3) is 0.211. The van der Waals surface area contributed by atoms with Crippen LogP contribution in [0.5, 0.6) is 0 Å². The van der Waals surface area contributed by atoms with E-state index in [1.165, 1.54) is 6.07 Å². The van der Waals surface area contributed by atoms with Gasteiger partial charge in [-0.15, -0.1) is 24.0 Å². The fourth-order valence-electron chi connectivity index (χ4n) is 2.50. The molecule has 3 aromatic rings. The Morgan fingerprint density at radius 2 is 2.00 bits per heavy atom. The molecule has 0 fully saturated rings. The predicted molar refractivity (Wildman–Crippen MR) is 118 cm³/mol. The van der Waals surface area contributed by atoms with Crippen LogP contribution in [-0.2, 0) is 13.0 Å². The normalized spacial score (nSPS) is 11.1. The molecule has 1 aromatic heterocycles. The molecule has 154 valence electrons. The lowest BCUT2D eigenvalue weighted by atomic mass is 10.1. The number of nitrogens with one attached hydrogen (secondary N) is 2. The van der Waals surface area contributed by atoms with Crippen molar-refractivity contribution in [3.63, 3.8) is 0 Å². The van der Waals surface area contributed by atoms with Crippen LogP contribution in [0.4, 0.5) is 8.78 Å². The molecule has 0 aliphatic carbocycles. The first kappa shape index (κ1) is 23.0. The molecule has 0 spiro atoms. The van der Waals surface area contributed by atoms with Gasteiger partial charge < -0.3 is 15.2 Å². The van der Waals surface area contributed by atoms with Crippen molar-refractivity contribution in [1.82, 2.24) is 20.8 Å². The summed E-state index contributed by atoms with van der Waals surface area (Å²) in [5.74, 6) is 0.369. The topological polar surface area (TPSA) is 75.3 Å². The highest BCUT2D eigenvalue weighted by Gasteiger charge is 2.10. The molecule has 2 aromatic carbocycles. The van der Waals surface area contributed by atoms with Gasteiger partial charge in [0.15, 0.2) is 5.96 Å². The van der Waals surface area contributed by atoms with Crippen LogP contribution in [0.25, 0.3) is 11.4 Å². The molecule has 0 unspecified atom stereocenters. The number of benzene rings is 2. The molecule has 6 nitrogen and oxygen atoms in total. The molecule has 0 saturated carbocycles. The Morgan fingerprint density at radius 3 is 2.76 bits per heavy atom. The van der Waals surface area contributed by atoms with Gasteiger partial charge in [0.2, 0.25) is 11.7 Å². The lowest BCUT2D eigenvalue weighted by Gasteiger charge is -2.10. The highest BCUT2D eigenvalue weighted by atomic mass is 127. The number of nitrogens with zero attached hydrogens (tertiary/aromatic N) is 3. The van der Waals surface area contributed by atoms with Crippen molar-refractivity contribution in [1.29, 1.82) is 0 Å². The molecule has 0 aliphatic heterocycles. The van der Waals surface area contributed by atoms with Gasteiger partial charge in [0.25, 0.3) is 0 Å². The van der Waals surface area contributed by atoms with Crippen LogP contribution in [0.3, 0.4) is 0 Å². The summed E-state index contributed by atoms with van der Waals surface area (Å²) in [7, 11) is 1.60. The lowest BCUT2D eigenvalue weighted by Crippen LogP contribution is -2.38. The zero-order valence-corrected chi connectivity index (χ0v) is 18.5. The molecule has 0 saturated heterocycles. The van der Waals surface area contributed by atoms with Crippen LogP contribution in [0.15, 0.2) is 52.0 Å². The van der Waals surface area contributed by atoms with E-state index in [0.29, 0.717) is 41.2 Å². The van der Waals surface area contributed by atoms with Crippen molar-refractivity contribution in [3.05, 3.63) is 70.6 Å². The van der Waals surface area contributed by atoms with E-state index in [4.69, 9.17) is 16.1 Å². The molecule has 0 bridgehead atoms. The molecule has 0 radical (unpaired) electrons. The molecular weight excluding hydrogens is 515 g/mol. The van der Waals surface area contributed by atoms with E-state index >= 15 is 0 Å². The van der Waals surface area contributed by atoms with Gasteiger partial charge in [-0.1, -0.05) is 28.9 Å². The molecule has 0 atom stereocenters. The molecule has 10 heteroatoms. The predicted octanol–water partition coefficient (Wildman–Crippen LogP) is 4.19. The zero-order chi connectivity index (χ0) is 19.9. The van der Waals surface area contributed by atoms with E-state index in [-0.39, 0.29) is 30.5 Å². The largest absolute Gasteiger partial charge is 0.356 e. The highest BCUT2D eigenvalue weighted by Crippen LogP contribution is 2.19. The number of hydrogen-bond acceptors (Lipinski definition) is 4. The van der Waals surface area contributed by atoms with Crippen LogP contribution in [0.1, 0.15) is 11.5 Å². The van der Waals surface area contributed by atoms with Crippen LogP contribution in [0.2, 0.25) is 5.02 Å². The third kappa shape index (κ3) is 6.64. The highest BCUT2D eigenvalue weighted by molar-refractivity contribution is 14.0. The molecular formula is C19H19ClF2IN5O. The molecule has 3 rings (SSSR count). The Labute approximate surface area is 188 Å². The van der Waals surface area contributed by atoms with Crippen LogP contribution < -0.4 is 10.6 Å². The molecule has 0 amide bonds. The summed E-state index contributed by atoms with van der Waals surface area (Å²) in [5.41, 5.74) is 1.05. The van der Waals surface area contributed by atoms with Crippen molar-refractivity contribution in [2.24, 2.45) is 4.99 Å². The van der Waals surface area contributed by atoms with Crippen molar-refractivity contribution >= 4 is 41.5 Å². The van der Waals surface area contributed by atoms with E-state index in [1.807, 2.05) is 6.07 Å². The summed E-state index contributed by atoms with van der Waals surface area (Å²) >= 11 is 5.97. The molecule has 29 heavy (non-hydrogen) atoms. The number of guanidine groups is 1. The first-order chi connectivity index (χ1) is 13.5. The lowest BCUT2D eigenvalue weighted by molar-refractivity contribution is 0.375. The van der Waals surface area contributed by atoms with Gasteiger partial charge in [-0.2, -0.15) is 4.98 Å². The maximum absolute atomic E-state index is 13.6. The van der Waals surface area contributed by atoms with Crippen molar-refractivity contribution in [2.75, 3.05) is 13.6 Å². The van der Waals surface area contributed by atoms with Gasteiger partial charge in [-0.05, 0) is 42.3 Å². The summed E-state index contributed by atoms with van der Waals surface area (Å²) in [4.78, 5) is 8.37. The van der Waals surface area contributed by atoms with Gasteiger partial charge in [0.05, 0.1) is 6.54 Å². The van der Waals surface area contributed by atoms with E-state index < -0.39 is 11.6 Å². The van der Waals surface area contributed by atoms with E-state index in [2.05, 4.69) is 25.8 Å². The fourth-order valence-corrected chi connectivity index (χ4v) is 2.69. The van der Waals surface area contributed by atoms with Gasteiger partial charge in [-0.3, -0.25) is 4.99 Å². The second-order valence-corrected chi connectivity index (χ2v) is 6.30. The van der Waals surface area contributed by atoms with E-state index in [9.17, 15) is 8.78 Å². The van der Waals surface area contributed by atoms with Gasteiger partial charge >= 0.3 is 0 Å². The first-order valence-corrected chi connectivity index (χ1v) is 8.90. The van der Waals surface area contributed by atoms with Gasteiger partial charge in [0, 0.05) is 24.2 Å². The Morgan fingerprint density at radius 1 is 1.17 bits per heavy atom. The summed E-state index contributed by atoms with van der Waals surface area (Å²) in [6, 6.07) is 10.5. The van der Waals surface area contributed by atoms with Gasteiger partial charge in [0.1, 0.15) is 11.6 Å². The summed E-state index contributed by atoms with van der Waals surface area (Å²) < 4.78 is 32.1. The van der Waals surface area contributed by atoms with E-state index in [1.54, 1.807) is 25.2 Å². The SMILES string of the molecule is CN=C(NCCc1cc(F)ccc1F)NCc1nc(-c2cccc(Cl)c2)no1.I. The number of rotatable bonds is 6. The Bertz CT molecular complexity index is 983. The third-order valence-corrected chi connectivity index (χ3v) is 4.11. The smallest absolute Gasteiger partial charge is 0.246 e. The Hall–Kier alpha value is -2.27. The molecule has 2 N–H and O–H groups in total. The first-order valence-electron chi connectivity index (χ1n) is 8.52. The Kier molecular flexibility index (Phi) is 8.77. The molecule has 0 aliphatic rings. The minimum absolute atomic E-state index is 0. The number of halogens is 4. The second-order valence-electron chi connectivity index (χ2n) is 5.86. The van der Waals surface area contributed by atoms with Crippen LogP contribution in [0, 0.1) is 11.6 Å².